The highest BCUT2D eigenvalue weighted by molar-refractivity contribution is 7.88. The van der Waals surface area contributed by atoms with Gasteiger partial charge in [0.2, 0.25) is 0 Å². The molecule has 3 nitrogen and oxygen atoms in total. The Morgan fingerprint density at radius 1 is 1.80 bits per heavy atom. The van der Waals surface area contributed by atoms with Gasteiger partial charge in [-0.05, 0) is 11.6 Å². The largest absolute Gasteiger partial charge is 0.411 e. The Kier molecular flexibility index (Phi) is 2.39. The van der Waals surface area contributed by atoms with Crippen LogP contribution < -0.4 is 0 Å². The van der Waals surface area contributed by atoms with Crippen molar-refractivity contribution in [2.45, 2.75) is 0 Å². The van der Waals surface area contributed by atoms with E-state index >= 15 is 0 Å². The first-order valence-electron chi connectivity index (χ1n) is 2.76. The highest BCUT2D eigenvalue weighted by Crippen LogP contribution is 2.02. The van der Waals surface area contributed by atoms with E-state index in [1.54, 1.807) is 17.6 Å². The average Bonchev–Trinajstić information content (AvgIpc) is 1.95. The Labute approximate surface area is 61.2 Å². The fourth-order valence-electron chi connectivity index (χ4n) is 0.619. The molecule has 0 bridgehead atoms. The normalized spacial score (nSPS) is 25.2. The van der Waals surface area contributed by atoms with Crippen molar-refractivity contribution in [1.29, 1.82) is 0 Å². The first-order chi connectivity index (χ1) is 4.83. The van der Waals surface area contributed by atoms with Gasteiger partial charge < -0.3 is 5.21 Å². The van der Waals surface area contributed by atoms with Gasteiger partial charge >= 0.3 is 0 Å². The molecule has 0 aliphatic carbocycles. The number of oxime groups is 1. The van der Waals surface area contributed by atoms with Gasteiger partial charge in [0, 0.05) is 22.0 Å². The maximum atomic E-state index is 10.7. The smallest absolute Gasteiger partial charge is 0.0731 e. The van der Waals surface area contributed by atoms with Crippen LogP contribution in [0, 0.1) is 0 Å². The van der Waals surface area contributed by atoms with Crippen molar-refractivity contribution in [3.05, 3.63) is 23.1 Å². The topological polar surface area (TPSA) is 49.7 Å². The van der Waals surface area contributed by atoms with E-state index in [1.807, 2.05) is 0 Å². The highest BCUT2D eigenvalue weighted by atomic mass is 32.2. The van der Waals surface area contributed by atoms with Crippen molar-refractivity contribution < 1.29 is 9.42 Å². The molecule has 1 aliphatic heterocycles. The van der Waals surface area contributed by atoms with E-state index < -0.39 is 10.8 Å². The van der Waals surface area contributed by atoms with Crippen molar-refractivity contribution in [2.24, 2.45) is 5.16 Å². The maximum Gasteiger partial charge on any atom is 0.0731 e. The minimum Gasteiger partial charge on any atom is -0.411 e. The third-order valence-electron chi connectivity index (χ3n) is 1.10. The quantitative estimate of drug-likeness (QED) is 0.345. The van der Waals surface area contributed by atoms with Gasteiger partial charge in [0.25, 0.3) is 0 Å². The second-order valence-corrected chi connectivity index (χ2v) is 3.17. The van der Waals surface area contributed by atoms with Crippen molar-refractivity contribution in [1.82, 2.24) is 0 Å². The summed E-state index contributed by atoms with van der Waals surface area (Å²) in [5.74, 6) is 0.512. The molecule has 1 N–H and O–H groups in total. The van der Waals surface area contributed by atoms with E-state index in [-0.39, 0.29) is 0 Å². The van der Waals surface area contributed by atoms with Crippen LogP contribution >= 0.6 is 0 Å². The molecule has 0 saturated heterocycles. The molecule has 0 radical (unpaired) electrons. The van der Waals surface area contributed by atoms with Crippen molar-refractivity contribution >= 4 is 17.0 Å². The minimum atomic E-state index is -0.865. The SMILES string of the molecule is O=S1C=CC(C=NO)=CC1. The predicted molar refractivity (Wildman–Crippen MR) is 40.5 cm³/mol. The van der Waals surface area contributed by atoms with Crippen molar-refractivity contribution in [2.75, 3.05) is 5.75 Å². The molecule has 0 aromatic carbocycles. The summed E-state index contributed by atoms with van der Waals surface area (Å²) in [6, 6.07) is 0. The Hall–Kier alpha value is -0.900. The molecule has 1 aliphatic rings. The summed E-state index contributed by atoms with van der Waals surface area (Å²) in [4.78, 5) is 0. The second-order valence-electron chi connectivity index (χ2n) is 1.80. The zero-order valence-electron chi connectivity index (χ0n) is 5.23. The summed E-state index contributed by atoms with van der Waals surface area (Å²) in [5, 5.41) is 12.5. The first kappa shape index (κ1) is 7.21. The lowest BCUT2D eigenvalue weighted by Crippen LogP contribution is -1.96. The average molecular weight is 157 g/mol. The van der Waals surface area contributed by atoms with Gasteiger partial charge in [-0.15, -0.1) is 0 Å². The van der Waals surface area contributed by atoms with Gasteiger partial charge in [-0.3, -0.25) is 4.21 Å². The van der Waals surface area contributed by atoms with Crippen molar-refractivity contribution in [3.8, 4) is 0 Å². The van der Waals surface area contributed by atoms with Crippen LogP contribution in [-0.2, 0) is 10.8 Å². The number of allylic oxidation sites excluding steroid dienone is 2. The molecule has 1 unspecified atom stereocenters. The predicted octanol–water partition coefficient (Wildman–Crippen LogP) is 0.649. The number of hydrogen-bond donors (Lipinski definition) is 1. The second kappa shape index (κ2) is 3.31. The van der Waals surface area contributed by atoms with Crippen LogP contribution in [0.3, 0.4) is 0 Å². The Bertz CT molecular complexity index is 230. The van der Waals surface area contributed by atoms with Gasteiger partial charge in [0.1, 0.15) is 0 Å². The van der Waals surface area contributed by atoms with E-state index in [9.17, 15) is 4.21 Å². The maximum absolute atomic E-state index is 10.7. The van der Waals surface area contributed by atoms with E-state index in [0.29, 0.717) is 5.75 Å². The first-order valence-corrected chi connectivity index (χ1v) is 4.14. The minimum absolute atomic E-state index is 0.512. The molecule has 0 spiro atoms. The fourth-order valence-corrected chi connectivity index (χ4v) is 1.40. The Balaban J connectivity index is 2.67. The molecule has 0 fully saturated rings. The molecule has 0 saturated carbocycles. The lowest BCUT2D eigenvalue weighted by molar-refractivity contribution is 0.322. The monoisotopic (exact) mass is 157 g/mol. The molecule has 0 aromatic heterocycles. The molecule has 1 rings (SSSR count). The van der Waals surface area contributed by atoms with Gasteiger partial charge in [0.05, 0.1) is 6.21 Å². The third kappa shape index (κ3) is 1.80. The van der Waals surface area contributed by atoms with Crippen LogP contribution in [0.4, 0.5) is 0 Å². The summed E-state index contributed by atoms with van der Waals surface area (Å²) >= 11 is 0. The molecule has 54 valence electrons. The lowest BCUT2D eigenvalue weighted by Gasteiger charge is -1.98. The van der Waals surface area contributed by atoms with Gasteiger partial charge in [-0.2, -0.15) is 0 Å². The van der Waals surface area contributed by atoms with Gasteiger partial charge in [-0.25, -0.2) is 0 Å². The molecule has 0 amide bonds. The molecule has 0 aromatic rings. The number of nitrogens with zero attached hydrogens (tertiary/aromatic N) is 1. The number of rotatable bonds is 1. The van der Waals surface area contributed by atoms with Crippen LogP contribution in [0.2, 0.25) is 0 Å². The van der Waals surface area contributed by atoms with Crippen LogP contribution in [0.5, 0.6) is 0 Å². The van der Waals surface area contributed by atoms with Crippen LogP contribution in [0.15, 0.2) is 28.3 Å². The molecule has 4 heteroatoms. The summed E-state index contributed by atoms with van der Waals surface area (Å²) in [7, 11) is -0.865. The summed E-state index contributed by atoms with van der Waals surface area (Å²) in [6.45, 7) is 0. The molecular formula is C6H7NO2S. The Morgan fingerprint density at radius 2 is 2.60 bits per heavy atom. The Morgan fingerprint density at radius 3 is 3.10 bits per heavy atom. The number of hydrogen-bond acceptors (Lipinski definition) is 3. The standard InChI is InChI=1S/C6H7NO2S/c8-7-5-6-1-3-10(9)4-2-6/h1-3,5,8H,4H2. The van der Waals surface area contributed by atoms with E-state index in [0.717, 1.165) is 5.57 Å². The zero-order valence-corrected chi connectivity index (χ0v) is 6.04. The molecular weight excluding hydrogens is 150 g/mol. The summed E-state index contributed by atoms with van der Waals surface area (Å²) in [6.07, 6.45) is 4.74. The van der Waals surface area contributed by atoms with E-state index in [1.165, 1.54) is 6.21 Å². The third-order valence-corrected chi connectivity index (χ3v) is 2.04. The van der Waals surface area contributed by atoms with Gasteiger partial charge in [-0.1, -0.05) is 11.2 Å². The van der Waals surface area contributed by atoms with E-state index in [2.05, 4.69) is 5.16 Å². The summed E-state index contributed by atoms with van der Waals surface area (Å²) in [5.41, 5.74) is 0.794. The van der Waals surface area contributed by atoms with E-state index in [4.69, 9.17) is 5.21 Å². The van der Waals surface area contributed by atoms with Crippen LogP contribution in [-0.4, -0.2) is 21.4 Å². The van der Waals surface area contributed by atoms with Crippen LogP contribution in [0.25, 0.3) is 0 Å². The van der Waals surface area contributed by atoms with Crippen LogP contribution in [0.1, 0.15) is 0 Å². The molecule has 1 atom stereocenters. The van der Waals surface area contributed by atoms with Gasteiger partial charge in [0.15, 0.2) is 0 Å². The summed E-state index contributed by atoms with van der Waals surface area (Å²) < 4.78 is 10.7. The lowest BCUT2D eigenvalue weighted by atomic mass is 10.3. The molecule has 1 heterocycles. The molecule has 10 heavy (non-hydrogen) atoms. The highest BCUT2D eigenvalue weighted by Gasteiger charge is 1.98. The van der Waals surface area contributed by atoms with Crippen molar-refractivity contribution in [3.63, 3.8) is 0 Å². The zero-order chi connectivity index (χ0) is 7.40. The fraction of sp³-hybridized carbons (Fsp3) is 0.167.